The number of primary sulfonamides is 1. The van der Waals surface area contributed by atoms with Gasteiger partial charge in [-0.15, -0.1) is 0 Å². The maximum Gasteiger partial charge on any atom is 0.294 e. The molecule has 0 radical (unpaired) electrons. The summed E-state index contributed by atoms with van der Waals surface area (Å²) in [5.74, 6) is -0.533. The van der Waals surface area contributed by atoms with Crippen LogP contribution in [0.15, 0.2) is 18.2 Å². The fourth-order valence-electron chi connectivity index (χ4n) is 2.00. The van der Waals surface area contributed by atoms with Crippen molar-refractivity contribution < 1.29 is 18.1 Å². The van der Waals surface area contributed by atoms with E-state index < -0.39 is 26.1 Å². The molecule has 1 fully saturated rings. The molecule has 1 saturated heterocycles. The Hall–Kier alpha value is -1.71. The molecule has 20 heavy (non-hydrogen) atoms. The van der Waals surface area contributed by atoms with Crippen molar-refractivity contribution >= 4 is 38.9 Å². The van der Waals surface area contributed by atoms with E-state index in [1.165, 1.54) is 12.1 Å². The number of nitrogens with zero attached hydrogens (tertiary/aromatic N) is 2. The van der Waals surface area contributed by atoms with Gasteiger partial charge in [-0.05, 0) is 12.1 Å². The molecule has 1 heterocycles. The molecule has 1 aromatic carbocycles. The van der Waals surface area contributed by atoms with Crippen LogP contribution in [0.4, 0.5) is 11.4 Å². The Morgan fingerprint density at radius 2 is 2.10 bits per heavy atom. The molecule has 2 N–H and O–H groups in total. The summed E-state index contributed by atoms with van der Waals surface area (Å²) in [6, 6.07) is 3.81. The highest BCUT2D eigenvalue weighted by atomic mass is 35.5. The molecule has 1 aromatic rings. The van der Waals surface area contributed by atoms with E-state index in [1.807, 2.05) is 0 Å². The fourth-order valence-corrected chi connectivity index (χ4v) is 2.90. The maximum absolute atomic E-state index is 11.8. The number of sulfonamides is 1. The molecule has 108 valence electrons. The second kappa shape index (κ2) is 5.00. The first-order valence-electron chi connectivity index (χ1n) is 5.46. The van der Waals surface area contributed by atoms with Crippen LogP contribution in [-0.4, -0.2) is 31.0 Å². The van der Waals surface area contributed by atoms with Crippen molar-refractivity contribution in [3.05, 3.63) is 33.3 Å². The molecule has 0 aromatic heterocycles. The lowest BCUT2D eigenvalue weighted by Crippen LogP contribution is -2.32. The zero-order chi connectivity index (χ0) is 15.1. The molecule has 0 bridgehead atoms. The quantitative estimate of drug-likeness (QED) is 0.646. The molecule has 1 unspecified atom stereocenters. The molecule has 0 spiro atoms. The van der Waals surface area contributed by atoms with Gasteiger partial charge in [0.15, 0.2) is 0 Å². The summed E-state index contributed by atoms with van der Waals surface area (Å²) in [6.45, 7) is -0.208. The van der Waals surface area contributed by atoms with Gasteiger partial charge in [-0.2, -0.15) is 0 Å². The molecule has 0 saturated carbocycles. The van der Waals surface area contributed by atoms with Crippen LogP contribution in [0.3, 0.4) is 0 Å². The fraction of sp³-hybridized carbons (Fsp3) is 0.300. The zero-order valence-corrected chi connectivity index (χ0v) is 11.6. The van der Waals surface area contributed by atoms with E-state index in [9.17, 15) is 23.3 Å². The van der Waals surface area contributed by atoms with Crippen molar-refractivity contribution in [1.29, 1.82) is 0 Å². The van der Waals surface area contributed by atoms with Gasteiger partial charge in [0.25, 0.3) is 5.69 Å². The molecule has 10 heteroatoms. The van der Waals surface area contributed by atoms with Crippen LogP contribution in [-0.2, 0) is 14.8 Å². The Morgan fingerprint density at radius 3 is 2.60 bits per heavy atom. The Morgan fingerprint density at radius 1 is 1.45 bits per heavy atom. The second-order valence-electron chi connectivity index (χ2n) is 4.31. The third kappa shape index (κ3) is 2.74. The van der Waals surface area contributed by atoms with Crippen LogP contribution < -0.4 is 10.0 Å². The van der Waals surface area contributed by atoms with Gasteiger partial charge in [0, 0.05) is 24.1 Å². The summed E-state index contributed by atoms with van der Waals surface area (Å²) in [5, 5.41) is 15.1. The smallest absolute Gasteiger partial charge is 0.294 e. The summed E-state index contributed by atoms with van der Waals surface area (Å²) in [7, 11) is -3.88. The van der Waals surface area contributed by atoms with E-state index in [4.69, 9.17) is 16.7 Å². The van der Waals surface area contributed by atoms with E-state index in [2.05, 4.69) is 0 Å². The Bertz CT molecular complexity index is 690. The zero-order valence-electron chi connectivity index (χ0n) is 10.0. The highest BCUT2D eigenvalue weighted by molar-refractivity contribution is 7.89. The lowest BCUT2D eigenvalue weighted by atomic mass is 10.2. The first kappa shape index (κ1) is 14.7. The minimum Gasteiger partial charge on any atom is -0.305 e. The Balaban J connectivity index is 2.43. The van der Waals surface area contributed by atoms with E-state index in [-0.39, 0.29) is 29.4 Å². The summed E-state index contributed by atoms with van der Waals surface area (Å²) < 4.78 is 22.5. The van der Waals surface area contributed by atoms with E-state index in [0.29, 0.717) is 0 Å². The van der Waals surface area contributed by atoms with Crippen molar-refractivity contribution in [2.75, 3.05) is 11.4 Å². The summed E-state index contributed by atoms with van der Waals surface area (Å²) in [5.41, 5.74) is -0.350. The monoisotopic (exact) mass is 319 g/mol. The third-order valence-electron chi connectivity index (χ3n) is 2.98. The van der Waals surface area contributed by atoms with Gasteiger partial charge in [-0.25, -0.2) is 13.6 Å². The number of halogens is 1. The molecule has 1 atom stereocenters. The van der Waals surface area contributed by atoms with Crippen LogP contribution in [0.2, 0.25) is 5.02 Å². The first-order valence-corrected chi connectivity index (χ1v) is 7.45. The molecule has 8 nitrogen and oxygen atoms in total. The summed E-state index contributed by atoms with van der Waals surface area (Å²) in [6.07, 6.45) is -0.293. The van der Waals surface area contributed by atoms with Crippen LogP contribution in [0.5, 0.6) is 0 Å². The van der Waals surface area contributed by atoms with Gasteiger partial charge < -0.3 is 4.90 Å². The van der Waals surface area contributed by atoms with E-state index >= 15 is 0 Å². The lowest BCUT2D eigenvalue weighted by molar-refractivity contribution is -0.384. The number of nitrogens with two attached hydrogens (primary N) is 1. The van der Waals surface area contributed by atoms with Gasteiger partial charge >= 0.3 is 0 Å². The molecule has 1 aliphatic heterocycles. The van der Waals surface area contributed by atoms with Crippen molar-refractivity contribution in [2.45, 2.75) is 11.7 Å². The van der Waals surface area contributed by atoms with Crippen molar-refractivity contribution in [2.24, 2.45) is 5.14 Å². The minimum absolute atomic E-state index is 0.00977. The number of rotatable bonds is 3. The lowest BCUT2D eigenvalue weighted by Gasteiger charge is -2.16. The number of anilines is 1. The second-order valence-corrected chi connectivity index (χ2v) is 6.59. The number of nitro benzene ring substituents is 1. The predicted octanol–water partition coefficient (Wildman–Crippen LogP) is 0.642. The van der Waals surface area contributed by atoms with Crippen LogP contribution in [0.1, 0.15) is 6.42 Å². The minimum atomic E-state index is -3.88. The number of carbonyl (C=O) groups is 1. The highest BCUT2D eigenvalue weighted by Crippen LogP contribution is 2.34. The standard InChI is InChI=1S/C10H10ClN3O5S/c11-6-1-2-8(9(3-6)14(16)17)13-5-7(4-10(13)15)20(12,18)19/h1-3,7H,4-5H2,(H2,12,18,19). The first-order chi connectivity index (χ1) is 9.20. The molecule has 1 amide bonds. The van der Waals surface area contributed by atoms with Gasteiger partial charge in [-0.1, -0.05) is 11.6 Å². The highest BCUT2D eigenvalue weighted by Gasteiger charge is 2.39. The average molecular weight is 320 g/mol. The number of benzene rings is 1. The maximum atomic E-state index is 11.8. The average Bonchev–Trinajstić information content (AvgIpc) is 2.71. The van der Waals surface area contributed by atoms with Gasteiger partial charge in [0.05, 0.1) is 4.92 Å². The molecule has 2 rings (SSSR count). The number of amides is 1. The number of carbonyl (C=O) groups excluding carboxylic acids is 1. The van der Waals surface area contributed by atoms with Crippen molar-refractivity contribution in [3.63, 3.8) is 0 Å². The molecular weight excluding hydrogens is 310 g/mol. The molecular formula is C10H10ClN3O5S. The van der Waals surface area contributed by atoms with E-state index in [0.717, 1.165) is 11.0 Å². The predicted molar refractivity (Wildman–Crippen MR) is 72.0 cm³/mol. The van der Waals surface area contributed by atoms with Crippen LogP contribution in [0, 0.1) is 10.1 Å². The normalized spacial score (nSPS) is 19.4. The summed E-state index contributed by atoms with van der Waals surface area (Å²) in [4.78, 5) is 23.2. The van der Waals surface area contributed by atoms with E-state index in [1.54, 1.807) is 0 Å². The van der Waals surface area contributed by atoms with Gasteiger partial charge in [-0.3, -0.25) is 14.9 Å². The van der Waals surface area contributed by atoms with Gasteiger partial charge in [0.1, 0.15) is 10.9 Å². The number of hydrogen-bond acceptors (Lipinski definition) is 5. The number of nitro groups is 1. The third-order valence-corrected chi connectivity index (χ3v) is 4.46. The van der Waals surface area contributed by atoms with Crippen LogP contribution in [0.25, 0.3) is 0 Å². The summed E-state index contributed by atoms with van der Waals surface area (Å²) >= 11 is 5.68. The Kier molecular flexibility index (Phi) is 3.67. The Labute approximate surface area is 119 Å². The largest absolute Gasteiger partial charge is 0.305 e. The SMILES string of the molecule is NS(=O)(=O)C1CC(=O)N(c2ccc(Cl)cc2[N+](=O)[O-])C1. The van der Waals surface area contributed by atoms with Crippen molar-refractivity contribution in [1.82, 2.24) is 0 Å². The topological polar surface area (TPSA) is 124 Å². The van der Waals surface area contributed by atoms with Crippen molar-refractivity contribution in [3.8, 4) is 0 Å². The molecule has 1 aliphatic rings. The van der Waals surface area contributed by atoms with Crippen LogP contribution >= 0.6 is 11.6 Å². The number of hydrogen-bond donors (Lipinski definition) is 1. The molecule has 0 aliphatic carbocycles. The van der Waals surface area contributed by atoms with Gasteiger partial charge in [0.2, 0.25) is 15.9 Å².